The molecule has 6 nitrogen and oxygen atoms in total. The van der Waals surface area contributed by atoms with Crippen molar-refractivity contribution >= 4 is 22.6 Å². The molecule has 0 aliphatic carbocycles. The Morgan fingerprint density at radius 1 is 0.933 bits per heavy atom. The highest BCUT2D eigenvalue weighted by molar-refractivity contribution is 6.07. The lowest BCUT2D eigenvalue weighted by molar-refractivity contribution is -0.186. The lowest BCUT2D eigenvalue weighted by Gasteiger charge is -2.22. The molecule has 0 saturated carbocycles. The Labute approximate surface area is 175 Å². The molecule has 1 fully saturated rings. The number of amides is 2. The van der Waals surface area contributed by atoms with Crippen molar-refractivity contribution in [1.29, 1.82) is 0 Å². The average Bonchev–Trinajstić information content (AvgIpc) is 2.81. The lowest BCUT2D eigenvalue weighted by Crippen LogP contribution is -2.33. The van der Waals surface area contributed by atoms with Gasteiger partial charge in [-0.05, 0) is 47.4 Å². The second-order valence-corrected chi connectivity index (χ2v) is 7.25. The van der Waals surface area contributed by atoms with Crippen LogP contribution in [0, 0.1) is 0 Å². The van der Waals surface area contributed by atoms with Crippen LogP contribution in [0.4, 0.5) is 0 Å². The Morgan fingerprint density at radius 3 is 2.53 bits per heavy atom. The van der Waals surface area contributed by atoms with Crippen molar-refractivity contribution < 1.29 is 19.2 Å². The first-order valence-electron chi connectivity index (χ1n) is 10.1. The van der Waals surface area contributed by atoms with E-state index in [1.54, 1.807) is 12.1 Å². The first-order chi connectivity index (χ1) is 14.7. The van der Waals surface area contributed by atoms with E-state index in [0.29, 0.717) is 24.3 Å². The summed E-state index contributed by atoms with van der Waals surface area (Å²) in [5.74, 6) is -0.454. The summed E-state index contributed by atoms with van der Waals surface area (Å²) in [7, 11) is 0. The van der Waals surface area contributed by atoms with Gasteiger partial charge in [-0.1, -0.05) is 48.5 Å². The first kappa shape index (κ1) is 20.1. The zero-order valence-electron chi connectivity index (χ0n) is 16.6. The molecule has 1 aliphatic heterocycles. The van der Waals surface area contributed by atoms with Crippen molar-refractivity contribution in [3.63, 3.8) is 0 Å². The van der Waals surface area contributed by atoms with E-state index in [1.807, 2.05) is 54.6 Å². The fraction of sp³-hybridized carbons (Fsp3) is 0.250. The van der Waals surface area contributed by atoms with E-state index in [9.17, 15) is 9.59 Å². The molecule has 30 heavy (non-hydrogen) atoms. The highest BCUT2D eigenvalue weighted by Gasteiger charge is 2.16. The molecule has 0 spiro atoms. The summed E-state index contributed by atoms with van der Waals surface area (Å²) >= 11 is 0. The molecule has 154 valence electrons. The number of benzene rings is 3. The average molecular weight is 404 g/mol. The van der Waals surface area contributed by atoms with Crippen molar-refractivity contribution in [2.75, 3.05) is 6.61 Å². The van der Waals surface area contributed by atoms with E-state index in [0.717, 1.165) is 35.6 Å². The number of hydroxylamine groups is 1. The van der Waals surface area contributed by atoms with Gasteiger partial charge in [-0.3, -0.25) is 9.59 Å². The number of rotatable bonds is 6. The van der Waals surface area contributed by atoms with Gasteiger partial charge >= 0.3 is 0 Å². The molecule has 0 aromatic heterocycles. The molecule has 1 unspecified atom stereocenters. The summed E-state index contributed by atoms with van der Waals surface area (Å²) < 4.78 is 5.42. The molecule has 3 aromatic carbocycles. The van der Waals surface area contributed by atoms with Crippen molar-refractivity contribution in [2.24, 2.45) is 0 Å². The van der Waals surface area contributed by atoms with Gasteiger partial charge in [0.25, 0.3) is 11.8 Å². The number of carbonyl (C=O) groups excluding carboxylic acids is 2. The summed E-state index contributed by atoms with van der Waals surface area (Å²) in [4.78, 5) is 30.2. The van der Waals surface area contributed by atoms with E-state index in [4.69, 9.17) is 9.57 Å². The van der Waals surface area contributed by atoms with Gasteiger partial charge in [-0.25, -0.2) is 10.3 Å². The highest BCUT2D eigenvalue weighted by Crippen LogP contribution is 2.18. The predicted octanol–water partition coefficient (Wildman–Crippen LogP) is 3.96. The molecule has 2 amide bonds. The minimum atomic E-state index is -0.383. The number of ether oxygens (including phenoxy) is 1. The Morgan fingerprint density at radius 2 is 1.73 bits per heavy atom. The van der Waals surface area contributed by atoms with Gasteiger partial charge in [-0.2, -0.15) is 0 Å². The fourth-order valence-corrected chi connectivity index (χ4v) is 3.46. The van der Waals surface area contributed by atoms with Crippen LogP contribution >= 0.6 is 0 Å². The van der Waals surface area contributed by atoms with Gasteiger partial charge in [0.1, 0.15) is 0 Å². The first-order valence-corrected chi connectivity index (χ1v) is 10.1. The SMILES string of the molecule is O=C(NOC1CCCCO1)c1ccc(CNC(=O)c2cccc3ccccc23)cc1. The Balaban J connectivity index is 1.32. The zero-order valence-corrected chi connectivity index (χ0v) is 16.6. The molecular weight excluding hydrogens is 380 g/mol. The lowest BCUT2D eigenvalue weighted by atomic mass is 10.0. The third-order valence-electron chi connectivity index (χ3n) is 5.12. The van der Waals surface area contributed by atoms with Crippen molar-refractivity contribution in [3.8, 4) is 0 Å². The van der Waals surface area contributed by atoms with E-state index in [2.05, 4.69) is 10.8 Å². The van der Waals surface area contributed by atoms with E-state index >= 15 is 0 Å². The van der Waals surface area contributed by atoms with Crippen LogP contribution in [0.25, 0.3) is 10.8 Å². The van der Waals surface area contributed by atoms with Gasteiger partial charge in [0.2, 0.25) is 0 Å². The van der Waals surface area contributed by atoms with Crippen LogP contribution < -0.4 is 10.8 Å². The quantitative estimate of drug-likeness (QED) is 0.610. The van der Waals surface area contributed by atoms with Crippen molar-refractivity contribution in [2.45, 2.75) is 32.1 Å². The molecular formula is C24H24N2O4. The monoisotopic (exact) mass is 404 g/mol. The number of hydrogen-bond donors (Lipinski definition) is 2. The molecule has 1 heterocycles. The van der Waals surface area contributed by atoms with E-state index in [-0.39, 0.29) is 18.1 Å². The molecule has 2 N–H and O–H groups in total. The maximum absolute atomic E-state index is 12.6. The summed E-state index contributed by atoms with van der Waals surface area (Å²) in [5, 5.41) is 4.90. The highest BCUT2D eigenvalue weighted by atomic mass is 16.8. The Kier molecular flexibility index (Phi) is 6.37. The van der Waals surface area contributed by atoms with Gasteiger partial charge in [0.15, 0.2) is 6.29 Å². The smallest absolute Gasteiger partial charge is 0.274 e. The largest absolute Gasteiger partial charge is 0.350 e. The number of nitrogens with one attached hydrogen (secondary N) is 2. The standard InChI is InChI=1S/C24H24N2O4/c27-23(26-30-22-10-3-4-15-29-22)19-13-11-17(12-14-19)16-25-24(28)21-9-5-7-18-6-1-2-8-20(18)21/h1-2,5-9,11-14,22H,3-4,10,15-16H2,(H,25,28)(H,26,27). The molecule has 1 saturated heterocycles. The second-order valence-electron chi connectivity index (χ2n) is 7.25. The van der Waals surface area contributed by atoms with E-state index in [1.165, 1.54) is 0 Å². The minimum Gasteiger partial charge on any atom is -0.350 e. The van der Waals surface area contributed by atoms with Gasteiger partial charge < -0.3 is 10.1 Å². The van der Waals surface area contributed by atoms with Crippen LogP contribution in [0.2, 0.25) is 0 Å². The summed E-state index contributed by atoms with van der Waals surface area (Å²) in [6.45, 7) is 1.02. The summed E-state index contributed by atoms with van der Waals surface area (Å²) in [6.07, 6.45) is 2.44. The Bertz CT molecular complexity index is 1020. The number of carbonyl (C=O) groups is 2. The van der Waals surface area contributed by atoms with Gasteiger partial charge in [-0.15, -0.1) is 0 Å². The van der Waals surface area contributed by atoms with Crippen LogP contribution in [0.3, 0.4) is 0 Å². The topological polar surface area (TPSA) is 76.7 Å². The van der Waals surface area contributed by atoms with Crippen LogP contribution in [-0.4, -0.2) is 24.7 Å². The molecule has 1 aliphatic rings. The van der Waals surface area contributed by atoms with Gasteiger partial charge in [0.05, 0.1) is 0 Å². The maximum Gasteiger partial charge on any atom is 0.274 e. The van der Waals surface area contributed by atoms with Crippen molar-refractivity contribution in [1.82, 2.24) is 10.8 Å². The molecule has 0 radical (unpaired) electrons. The molecule has 4 rings (SSSR count). The third-order valence-corrected chi connectivity index (χ3v) is 5.12. The molecule has 0 bridgehead atoms. The Hall–Kier alpha value is -3.22. The van der Waals surface area contributed by atoms with Crippen LogP contribution in [0.1, 0.15) is 45.5 Å². The van der Waals surface area contributed by atoms with Crippen molar-refractivity contribution in [3.05, 3.63) is 83.4 Å². The summed E-state index contributed by atoms with van der Waals surface area (Å²) in [5.41, 5.74) is 4.47. The minimum absolute atomic E-state index is 0.130. The third kappa shape index (κ3) is 4.84. The predicted molar refractivity (Wildman–Crippen MR) is 114 cm³/mol. The van der Waals surface area contributed by atoms with Crippen LogP contribution in [0.5, 0.6) is 0 Å². The van der Waals surface area contributed by atoms with Crippen LogP contribution in [0.15, 0.2) is 66.7 Å². The molecule has 1 atom stereocenters. The molecule has 3 aromatic rings. The number of hydrogen-bond acceptors (Lipinski definition) is 4. The second kappa shape index (κ2) is 9.52. The number of fused-ring (bicyclic) bond motifs is 1. The fourth-order valence-electron chi connectivity index (χ4n) is 3.46. The van der Waals surface area contributed by atoms with Gasteiger partial charge in [0, 0.05) is 30.7 Å². The maximum atomic E-state index is 12.6. The molecule has 6 heteroatoms. The van der Waals surface area contributed by atoms with Crippen LogP contribution in [-0.2, 0) is 16.1 Å². The van der Waals surface area contributed by atoms with E-state index < -0.39 is 0 Å². The zero-order chi connectivity index (χ0) is 20.8. The summed E-state index contributed by atoms with van der Waals surface area (Å²) in [6, 6.07) is 20.5. The normalized spacial score (nSPS) is 16.2.